The molecule has 0 aliphatic carbocycles. The van der Waals surface area contributed by atoms with Crippen LogP contribution >= 0.6 is 11.8 Å². The summed E-state index contributed by atoms with van der Waals surface area (Å²) >= 11 is 1.57. The Morgan fingerprint density at radius 1 is 1.03 bits per heavy atom. The van der Waals surface area contributed by atoms with Gasteiger partial charge in [0, 0.05) is 22.7 Å². The van der Waals surface area contributed by atoms with E-state index in [9.17, 15) is 4.79 Å². The van der Waals surface area contributed by atoms with Crippen LogP contribution in [0.4, 0.5) is 0 Å². The third kappa shape index (κ3) is 5.86. The van der Waals surface area contributed by atoms with Crippen LogP contribution in [0.3, 0.4) is 0 Å². The number of benzene rings is 2. The van der Waals surface area contributed by atoms with Gasteiger partial charge in [0.05, 0.1) is 11.4 Å². The number of aromatic nitrogens is 6. The molecule has 0 unspecified atom stereocenters. The Hall–Kier alpha value is -3.92. The van der Waals surface area contributed by atoms with Crippen molar-refractivity contribution in [1.82, 2.24) is 35.6 Å². The number of amides is 1. The third-order valence-corrected chi connectivity index (χ3v) is 5.67. The van der Waals surface area contributed by atoms with Crippen molar-refractivity contribution < 1.29 is 4.79 Å². The van der Waals surface area contributed by atoms with Crippen molar-refractivity contribution in [2.24, 2.45) is 5.10 Å². The van der Waals surface area contributed by atoms with Gasteiger partial charge in [-0.25, -0.2) is 20.1 Å². The Balaban J connectivity index is 1.36. The molecule has 0 radical (unpaired) electrons. The number of carbonyl (C=O) groups excluding carboxylic acids is 1. The van der Waals surface area contributed by atoms with Gasteiger partial charge in [-0.15, -0.1) is 5.10 Å². The van der Waals surface area contributed by atoms with Crippen molar-refractivity contribution >= 4 is 23.4 Å². The van der Waals surface area contributed by atoms with E-state index in [-0.39, 0.29) is 5.91 Å². The molecule has 9 nitrogen and oxygen atoms in total. The lowest BCUT2D eigenvalue weighted by Gasteiger charge is -2.06. The molecule has 33 heavy (non-hydrogen) atoms. The second kappa shape index (κ2) is 10.1. The zero-order chi connectivity index (χ0) is 23.2. The van der Waals surface area contributed by atoms with Crippen LogP contribution in [0.2, 0.25) is 0 Å². The molecule has 0 spiro atoms. The number of rotatable bonds is 7. The average molecular weight is 459 g/mol. The molecule has 0 atom stereocenters. The van der Waals surface area contributed by atoms with Gasteiger partial charge in [-0.1, -0.05) is 36.0 Å². The van der Waals surface area contributed by atoms with Crippen LogP contribution in [0.5, 0.6) is 0 Å². The first-order valence-corrected chi connectivity index (χ1v) is 11.2. The Bertz CT molecular complexity index is 1270. The largest absolute Gasteiger partial charge is 0.271 e. The first kappa shape index (κ1) is 22.3. The fourth-order valence-corrected chi connectivity index (χ4v) is 3.98. The summed E-state index contributed by atoms with van der Waals surface area (Å²) in [4.78, 5) is 21.4. The van der Waals surface area contributed by atoms with Crippen LogP contribution in [0, 0.1) is 13.8 Å². The summed E-state index contributed by atoms with van der Waals surface area (Å²) in [6.45, 7) is 5.75. The van der Waals surface area contributed by atoms with E-state index >= 15 is 0 Å². The van der Waals surface area contributed by atoms with Gasteiger partial charge in [0.15, 0.2) is 5.16 Å². The van der Waals surface area contributed by atoms with Crippen molar-refractivity contribution in [3.8, 4) is 5.69 Å². The highest BCUT2D eigenvalue weighted by atomic mass is 32.2. The van der Waals surface area contributed by atoms with E-state index in [1.807, 2.05) is 63.2 Å². The topological polar surface area (TPSA) is 111 Å². The van der Waals surface area contributed by atoms with E-state index in [0.29, 0.717) is 11.3 Å². The minimum absolute atomic E-state index is 0.275. The lowest BCUT2D eigenvalue weighted by molar-refractivity contribution is 0.0955. The van der Waals surface area contributed by atoms with Crippen molar-refractivity contribution in [2.45, 2.75) is 31.7 Å². The van der Waals surface area contributed by atoms with E-state index in [1.54, 1.807) is 28.6 Å². The zero-order valence-corrected chi connectivity index (χ0v) is 19.2. The standard InChI is InChI=1S/C23H22N8OS/c1-15-11-16(2)26-23(25-15)33-13-18-7-9-19(10-8-18)22(32)28-27-17(3)20-5-4-6-21(12-20)31-14-24-29-30-31/h4-12,14H,13H2,1-3H3,(H,28,32). The van der Waals surface area contributed by atoms with Gasteiger partial charge in [-0.2, -0.15) is 5.10 Å². The summed E-state index contributed by atoms with van der Waals surface area (Å²) in [6, 6.07) is 17.0. The molecule has 2 aromatic carbocycles. The number of nitrogens with zero attached hydrogens (tertiary/aromatic N) is 7. The molecule has 166 valence electrons. The monoisotopic (exact) mass is 458 g/mol. The maximum Gasteiger partial charge on any atom is 0.271 e. The van der Waals surface area contributed by atoms with Crippen molar-refractivity contribution in [3.05, 3.63) is 89.0 Å². The molecule has 1 N–H and O–H groups in total. The molecule has 4 aromatic rings. The first-order chi connectivity index (χ1) is 16.0. The third-order valence-electron chi connectivity index (χ3n) is 4.75. The normalized spacial score (nSPS) is 11.4. The van der Waals surface area contributed by atoms with Crippen LogP contribution in [-0.4, -0.2) is 41.8 Å². The molecule has 0 saturated heterocycles. The lowest BCUT2D eigenvalue weighted by Crippen LogP contribution is -2.19. The summed E-state index contributed by atoms with van der Waals surface area (Å²) in [5.74, 6) is 0.447. The Morgan fingerprint density at radius 3 is 2.48 bits per heavy atom. The lowest BCUT2D eigenvalue weighted by atomic mass is 10.1. The highest BCUT2D eigenvalue weighted by Gasteiger charge is 2.07. The van der Waals surface area contributed by atoms with Gasteiger partial charge < -0.3 is 0 Å². The maximum absolute atomic E-state index is 12.5. The van der Waals surface area contributed by atoms with Gasteiger partial charge in [-0.05, 0) is 72.7 Å². The number of thioether (sulfide) groups is 1. The SMILES string of the molecule is CC(=NNC(=O)c1ccc(CSc2nc(C)cc(C)n2)cc1)c1cccc(-n2cnnn2)c1. The fraction of sp³-hybridized carbons (Fsp3) is 0.174. The first-order valence-electron chi connectivity index (χ1n) is 10.2. The molecule has 2 aromatic heterocycles. The minimum atomic E-state index is -0.275. The van der Waals surface area contributed by atoms with E-state index in [2.05, 4.69) is 36.0 Å². The predicted molar refractivity (Wildman–Crippen MR) is 126 cm³/mol. The average Bonchev–Trinajstić information content (AvgIpc) is 3.36. The van der Waals surface area contributed by atoms with E-state index < -0.39 is 0 Å². The second-order valence-corrected chi connectivity index (χ2v) is 8.30. The van der Waals surface area contributed by atoms with Crippen molar-refractivity contribution in [3.63, 3.8) is 0 Å². The molecular formula is C23H22N8OS. The van der Waals surface area contributed by atoms with Crippen LogP contribution in [0.15, 0.2) is 71.2 Å². The number of carbonyl (C=O) groups is 1. The molecular weight excluding hydrogens is 436 g/mol. The number of nitrogens with one attached hydrogen (secondary N) is 1. The summed E-state index contributed by atoms with van der Waals surface area (Å²) in [5, 5.41) is 16.2. The van der Waals surface area contributed by atoms with Gasteiger partial charge in [-0.3, -0.25) is 4.79 Å². The van der Waals surface area contributed by atoms with Gasteiger partial charge >= 0.3 is 0 Å². The van der Waals surface area contributed by atoms with Gasteiger partial charge in [0.1, 0.15) is 6.33 Å². The van der Waals surface area contributed by atoms with E-state index in [4.69, 9.17) is 0 Å². The maximum atomic E-state index is 12.5. The smallest absolute Gasteiger partial charge is 0.267 e. The Labute approximate surface area is 195 Å². The Kier molecular flexibility index (Phi) is 6.84. The molecule has 0 bridgehead atoms. The number of tetrazole rings is 1. The molecule has 0 aliphatic rings. The quantitative estimate of drug-likeness (QED) is 0.195. The number of hydrazone groups is 1. The summed E-state index contributed by atoms with van der Waals surface area (Å²) in [7, 11) is 0. The van der Waals surface area contributed by atoms with Crippen LogP contribution < -0.4 is 5.43 Å². The molecule has 0 fully saturated rings. The summed E-state index contributed by atoms with van der Waals surface area (Å²) in [6.07, 6.45) is 1.52. The molecule has 4 rings (SSSR count). The minimum Gasteiger partial charge on any atom is -0.267 e. The van der Waals surface area contributed by atoms with E-state index in [0.717, 1.165) is 39.1 Å². The zero-order valence-electron chi connectivity index (χ0n) is 18.4. The van der Waals surface area contributed by atoms with Crippen LogP contribution in [0.1, 0.15) is 39.8 Å². The van der Waals surface area contributed by atoms with Crippen LogP contribution in [0.25, 0.3) is 5.69 Å². The van der Waals surface area contributed by atoms with Crippen molar-refractivity contribution in [1.29, 1.82) is 0 Å². The Morgan fingerprint density at radius 2 is 1.79 bits per heavy atom. The number of hydrogen-bond donors (Lipinski definition) is 1. The van der Waals surface area contributed by atoms with Crippen molar-refractivity contribution in [2.75, 3.05) is 0 Å². The highest BCUT2D eigenvalue weighted by Crippen LogP contribution is 2.20. The highest BCUT2D eigenvalue weighted by molar-refractivity contribution is 7.98. The van der Waals surface area contributed by atoms with E-state index in [1.165, 1.54) is 6.33 Å². The molecule has 10 heteroatoms. The van der Waals surface area contributed by atoms with Gasteiger partial charge in [0.25, 0.3) is 5.91 Å². The molecule has 1 amide bonds. The summed E-state index contributed by atoms with van der Waals surface area (Å²) in [5.41, 5.74) is 8.46. The molecule has 0 saturated carbocycles. The molecule has 2 heterocycles. The van der Waals surface area contributed by atoms with Gasteiger partial charge in [0.2, 0.25) is 0 Å². The predicted octanol–water partition coefficient (Wildman–Crippen LogP) is 3.52. The molecule has 0 aliphatic heterocycles. The second-order valence-electron chi connectivity index (χ2n) is 7.36. The summed E-state index contributed by atoms with van der Waals surface area (Å²) < 4.78 is 1.56. The number of hydrogen-bond acceptors (Lipinski definition) is 8. The fourth-order valence-electron chi connectivity index (χ4n) is 3.08. The number of aryl methyl sites for hydroxylation is 2. The van der Waals surface area contributed by atoms with Crippen LogP contribution in [-0.2, 0) is 5.75 Å².